The number of esters is 2. The van der Waals surface area contributed by atoms with Gasteiger partial charge in [0.25, 0.3) is 0 Å². The van der Waals surface area contributed by atoms with Crippen LogP contribution >= 0.6 is 0 Å². The Kier molecular flexibility index (Phi) is 5.76. The van der Waals surface area contributed by atoms with Crippen molar-refractivity contribution in [2.24, 2.45) is 40.4 Å². The lowest BCUT2D eigenvalue weighted by Gasteiger charge is -2.60. The van der Waals surface area contributed by atoms with Crippen LogP contribution in [0, 0.1) is 40.4 Å². The molecule has 4 fully saturated rings. The molecular formula is C25H40O4. The van der Waals surface area contributed by atoms with E-state index < -0.39 is 6.29 Å². The number of hydrogen-bond acceptors (Lipinski definition) is 4. The Morgan fingerprint density at radius 3 is 2.21 bits per heavy atom. The zero-order chi connectivity index (χ0) is 20.8. The molecule has 0 aromatic rings. The molecule has 0 N–H and O–H groups in total. The predicted octanol–water partition coefficient (Wildman–Crippen LogP) is 5.88. The zero-order valence-electron chi connectivity index (χ0n) is 18.9. The molecule has 1 unspecified atom stereocenters. The third-order valence-electron chi connectivity index (χ3n) is 9.85. The highest BCUT2D eigenvalue weighted by molar-refractivity contribution is 5.68. The number of fused-ring (bicyclic) bond motifs is 5. The molecule has 164 valence electrons. The Labute approximate surface area is 176 Å². The van der Waals surface area contributed by atoms with Gasteiger partial charge < -0.3 is 9.47 Å². The molecule has 4 rings (SSSR count). The molecule has 7 atom stereocenters. The van der Waals surface area contributed by atoms with Crippen LogP contribution in [-0.2, 0) is 19.1 Å². The summed E-state index contributed by atoms with van der Waals surface area (Å²) in [5.41, 5.74) is 0.857. The molecule has 0 heterocycles. The van der Waals surface area contributed by atoms with Crippen LogP contribution in [0.4, 0.5) is 0 Å². The molecular weight excluding hydrogens is 364 g/mol. The van der Waals surface area contributed by atoms with Gasteiger partial charge in [0.2, 0.25) is 6.29 Å². The van der Waals surface area contributed by atoms with E-state index in [1.165, 1.54) is 78.1 Å². The van der Waals surface area contributed by atoms with Crippen molar-refractivity contribution in [2.45, 2.75) is 105 Å². The van der Waals surface area contributed by atoms with E-state index in [0.29, 0.717) is 17.8 Å². The number of ether oxygens (including phenoxy) is 2. The van der Waals surface area contributed by atoms with Crippen LogP contribution in [0.25, 0.3) is 0 Å². The minimum Gasteiger partial charge on any atom is -0.425 e. The molecule has 0 aromatic carbocycles. The Morgan fingerprint density at radius 2 is 1.52 bits per heavy atom. The Hall–Kier alpha value is -1.06. The van der Waals surface area contributed by atoms with Crippen molar-refractivity contribution in [3.05, 3.63) is 0 Å². The number of rotatable bonds is 4. The van der Waals surface area contributed by atoms with Gasteiger partial charge in [-0.3, -0.25) is 9.59 Å². The van der Waals surface area contributed by atoms with Gasteiger partial charge in [-0.2, -0.15) is 0 Å². The van der Waals surface area contributed by atoms with E-state index in [-0.39, 0.29) is 17.4 Å². The Balaban J connectivity index is 1.50. The number of hydrogen-bond donors (Lipinski definition) is 0. The molecule has 29 heavy (non-hydrogen) atoms. The van der Waals surface area contributed by atoms with Crippen molar-refractivity contribution in [3.63, 3.8) is 0 Å². The maximum absolute atomic E-state index is 11.5. The smallest absolute Gasteiger partial charge is 0.305 e. The maximum Gasteiger partial charge on any atom is 0.305 e. The van der Waals surface area contributed by atoms with Crippen LogP contribution in [0.1, 0.15) is 98.3 Å². The topological polar surface area (TPSA) is 52.6 Å². The molecule has 4 saturated carbocycles. The first-order valence-electron chi connectivity index (χ1n) is 12.1. The van der Waals surface area contributed by atoms with Gasteiger partial charge in [-0.25, -0.2) is 0 Å². The van der Waals surface area contributed by atoms with E-state index in [4.69, 9.17) is 9.47 Å². The minimum absolute atomic E-state index is 0.289. The van der Waals surface area contributed by atoms with Gasteiger partial charge in [0, 0.05) is 20.3 Å². The quantitative estimate of drug-likeness (QED) is 0.434. The summed E-state index contributed by atoms with van der Waals surface area (Å²) in [6.45, 7) is 7.90. The summed E-state index contributed by atoms with van der Waals surface area (Å²) in [6, 6.07) is 0. The molecule has 0 saturated heterocycles. The lowest BCUT2D eigenvalue weighted by atomic mass is 9.45. The van der Waals surface area contributed by atoms with E-state index in [9.17, 15) is 9.59 Å². The fraction of sp³-hybridized carbons (Fsp3) is 0.920. The van der Waals surface area contributed by atoms with Crippen molar-refractivity contribution >= 4 is 11.9 Å². The Morgan fingerprint density at radius 1 is 0.828 bits per heavy atom. The van der Waals surface area contributed by atoms with Gasteiger partial charge in [-0.1, -0.05) is 26.7 Å². The molecule has 0 aromatic heterocycles. The lowest BCUT2D eigenvalue weighted by molar-refractivity contribution is -0.190. The summed E-state index contributed by atoms with van der Waals surface area (Å²) in [7, 11) is 0. The van der Waals surface area contributed by atoms with Gasteiger partial charge in [0.1, 0.15) is 0 Å². The molecule has 0 spiro atoms. The average molecular weight is 405 g/mol. The third kappa shape index (κ3) is 3.74. The first-order chi connectivity index (χ1) is 13.7. The van der Waals surface area contributed by atoms with Crippen LogP contribution < -0.4 is 0 Å². The zero-order valence-corrected chi connectivity index (χ0v) is 18.9. The summed E-state index contributed by atoms with van der Waals surface area (Å²) < 4.78 is 10.7. The second kappa shape index (κ2) is 7.89. The standard InChI is InChI=1S/C25H40O4/c1-16(26)28-23(29-17(2)27)15-19-9-11-21-20-10-8-18-7-5-6-13-24(18,3)22(20)12-14-25(19,21)4/h18-23H,5-15H2,1-4H3/t18?,19-,20+,21+,22+,24+,25-/m1/s1. The van der Waals surface area contributed by atoms with Crippen molar-refractivity contribution < 1.29 is 19.1 Å². The molecule has 0 aliphatic heterocycles. The summed E-state index contributed by atoms with van der Waals surface area (Å²) in [4.78, 5) is 23.0. The monoisotopic (exact) mass is 404 g/mol. The summed E-state index contributed by atoms with van der Waals surface area (Å²) in [6.07, 6.45) is 13.6. The van der Waals surface area contributed by atoms with Crippen LogP contribution in [-0.4, -0.2) is 18.2 Å². The fourth-order valence-electron chi connectivity index (χ4n) is 8.51. The number of carbonyl (C=O) groups is 2. The first-order valence-corrected chi connectivity index (χ1v) is 12.1. The van der Waals surface area contributed by atoms with E-state index in [1.807, 2.05) is 0 Å². The van der Waals surface area contributed by atoms with Crippen molar-refractivity contribution in [1.29, 1.82) is 0 Å². The summed E-state index contributed by atoms with van der Waals surface area (Å²) >= 11 is 0. The van der Waals surface area contributed by atoms with Crippen molar-refractivity contribution in [1.82, 2.24) is 0 Å². The number of carbonyl (C=O) groups excluding carboxylic acids is 2. The highest BCUT2D eigenvalue weighted by atomic mass is 16.7. The van der Waals surface area contributed by atoms with E-state index in [1.54, 1.807) is 0 Å². The van der Waals surface area contributed by atoms with Crippen LogP contribution in [0.5, 0.6) is 0 Å². The van der Waals surface area contributed by atoms with E-state index in [2.05, 4.69) is 13.8 Å². The van der Waals surface area contributed by atoms with Gasteiger partial charge in [0.05, 0.1) is 0 Å². The lowest BCUT2D eigenvalue weighted by Crippen LogP contribution is -2.52. The molecule has 0 radical (unpaired) electrons. The second-order valence-electron chi connectivity index (χ2n) is 11.1. The molecule has 4 aliphatic carbocycles. The highest BCUT2D eigenvalue weighted by Crippen LogP contribution is 2.67. The minimum atomic E-state index is -0.727. The van der Waals surface area contributed by atoms with Crippen molar-refractivity contribution in [3.8, 4) is 0 Å². The predicted molar refractivity (Wildman–Crippen MR) is 112 cm³/mol. The van der Waals surface area contributed by atoms with E-state index >= 15 is 0 Å². The summed E-state index contributed by atoms with van der Waals surface area (Å²) in [5, 5.41) is 0. The van der Waals surface area contributed by atoms with Crippen LogP contribution in [0.2, 0.25) is 0 Å². The molecule has 4 heteroatoms. The highest BCUT2D eigenvalue weighted by Gasteiger charge is 2.59. The fourth-order valence-corrected chi connectivity index (χ4v) is 8.51. The van der Waals surface area contributed by atoms with E-state index in [0.717, 1.165) is 23.7 Å². The van der Waals surface area contributed by atoms with Crippen molar-refractivity contribution in [2.75, 3.05) is 0 Å². The molecule has 4 aliphatic rings. The van der Waals surface area contributed by atoms with Gasteiger partial charge >= 0.3 is 11.9 Å². The third-order valence-corrected chi connectivity index (χ3v) is 9.85. The van der Waals surface area contributed by atoms with Crippen LogP contribution in [0.15, 0.2) is 0 Å². The van der Waals surface area contributed by atoms with Gasteiger partial charge in [0.15, 0.2) is 0 Å². The largest absolute Gasteiger partial charge is 0.425 e. The maximum atomic E-state index is 11.5. The summed E-state index contributed by atoms with van der Waals surface area (Å²) in [5.74, 6) is 3.22. The molecule has 0 bridgehead atoms. The second-order valence-corrected chi connectivity index (χ2v) is 11.1. The average Bonchev–Trinajstić information content (AvgIpc) is 2.96. The van der Waals surface area contributed by atoms with Crippen LogP contribution in [0.3, 0.4) is 0 Å². The Bertz CT molecular complexity index is 629. The molecule has 0 amide bonds. The van der Waals surface area contributed by atoms with Gasteiger partial charge in [-0.15, -0.1) is 0 Å². The normalized spacial score (nSPS) is 43.8. The van der Waals surface area contributed by atoms with Gasteiger partial charge in [-0.05, 0) is 91.8 Å². The first kappa shape index (κ1) is 21.2. The SMILES string of the molecule is CC(=O)OC(C[C@H]1CC[C@H]2[C@@H]3CCC4CCCC[C@]4(C)[C@H]3CC[C@]12C)OC(C)=O. The molecule has 4 nitrogen and oxygen atoms in total.